The summed E-state index contributed by atoms with van der Waals surface area (Å²) in [5.74, 6) is 0.760. The van der Waals surface area contributed by atoms with Gasteiger partial charge in [0.05, 0.1) is 19.0 Å². The number of nitrogens with zero attached hydrogens (tertiary/aromatic N) is 1. The minimum Gasteiger partial charge on any atom is -0.492 e. The molecule has 1 aliphatic rings. The summed E-state index contributed by atoms with van der Waals surface area (Å²) in [6.45, 7) is 5.43. The number of hydrogen-bond donors (Lipinski definition) is 1. The van der Waals surface area contributed by atoms with E-state index in [0.29, 0.717) is 18.9 Å². The van der Waals surface area contributed by atoms with Crippen molar-refractivity contribution >= 4 is 17.7 Å². The van der Waals surface area contributed by atoms with Gasteiger partial charge in [-0.25, -0.2) is 4.39 Å². The van der Waals surface area contributed by atoms with Crippen LogP contribution < -0.4 is 10.1 Å². The van der Waals surface area contributed by atoms with Gasteiger partial charge in [-0.2, -0.15) is 0 Å². The number of amides is 1. The topological polar surface area (TPSA) is 50.8 Å². The van der Waals surface area contributed by atoms with Crippen LogP contribution in [0.1, 0.15) is 5.56 Å². The van der Waals surface area contributed by atoms with Crippen LogP contribution in [0.5, 0.6) is 5.75 Å². The van der Waals surface area contributed by atoms with Crippen molar-refractivity contribution in [3.8, 4) is 5.75 Å². The lowest BCUT2D eigenvalue weighted by atomic mass is 10.2. The molecule has 0 saturated carbocycles. The Balaban J connectivity index is 1.37. The van der Waals surface area contributed by atoms with E-state index in [2.05, 4.69) is 10.2 Å². The Labute approximate surface area is 169 Å². The van der Waals surface area contributed by atoms with Crippen LogP contribution in [0.3, 0.4) is 0 Å². The molecule has 1 amide bonds. The summed E-state index contributed by atoms with van der Waals surface area (Å²) in [6.07, 6.45) is 0. The van der Waals surface area contributed by atoms with Crippen molar-refractivity contribution in [3.05, 3.63) is 59.9 Å². The van der Waals surface area contributed by atoms with Gasteiger partial charge in [-0.1, -0.05) is 12.1 Å². The van der Waals surface area contributed by atoms with Crippen LogP contribution in [0.2, 0.25) is 0 Å². The fraction of sp³-hybridized carbons (Fsp3) is 0.381. The lowest BCUT2D eigenvalue weighted by Crippen LogP contribution is -2.38. The Hall–Kier alpha value is -2.09. The van der Waals surface area contributed by atoms with Crippen LogP contribution >= 0.6 is 11.8 Å². The quantitative estimate of drug-likeness (QED) is 0.652. The van der Waals surface area contributed by atoms with E-state index in [1.807, 2.05) is 24.3 Å². The molecule has 2 aromatic rings. The Bertz CT molecular complexity index is 752. The molecule has 5 nitrogen and oxygen atoms in total. The van der Waals surface area contributed by atoms with Crippen molar-refractivity contribution in [2.24, 2.45) is 0 Å². The molecule has 0 spiro atoms. The van der Waals surface area contributed by atoms with Gasteiger partial charge in [0.2, 0.25) is 5.91 Å². The predicted octanol–water partition coefficient (Wildman–Crippen LogP) is 2.95. The van der Waals surface area contributed by atoms with Crippen molar-refractivity contribution in [2.75, 3.05) is 45.2 Å². The molecule has 0 atom stereocenters. The molecule has 150 valence electrons. The summed E-state index contributed by atoms with van der Waals surface area (Å²) in [7, 11) is 0. The van der Waals surface area contributed by atoms with E-state index in [4.69, 9.17) is 9.47 Å². The van der Waals surface area contributed by atoms with E-state index in [9.17, 15) is 9.18 Å². The zero-order chi connectivity index (χ0) is 19.6. The number of nitrogens with one attached hydrogen (secondary N) is 1. The summed E-state index contributed by atoms with van der Waals surface area (Å²) in [5, 5.41) is 2.90. The zero-order valence-corrected chi connectivity index (χ0v) is 16.6. The molecule has 2 aromatic carbocycles. The van der Waals surface area contributed by atoms with E-state index in [1.165, 1.54) is 23.9 Å². The van der Waals surface area contributed by atoms with Gasteiger partial charge in [-0.15, -0.1) is 11.8 Å². The Morgan fingerprint density at radius 3 is 2.75 bits per heavy atom. The highest BCUT2D eigenvalue weighted by atomic mass is 32.2. The lowest BCUT2D eigenvalue weighted by Gasteiger charge is -2.26. The molecule has 1 heterocycles. The monoisotopic (exact) mass is 404 g/mol. The van der Waals surface area contributed by atoms with E-state index in [0.717, 1.165) is 49.1 Å². The molecule has 1 aliphatic heterocycles. The third-order valence-corrected chi connectivity index (χ3v) is 5.36. The molecule has 28 heavy (non-hydrogen) atoms. The highest BCUT2D eigenvalue weighted by molar-refractivity contribution is 8.00. The Morgan fingerprint density at radius 2 is 1.96 bits per heavy atom. The van der Waals surface area contributed by atoms with Crippen molar-refractivity contribution in [1.29, 1.82) is 0 Å². The standard InChI is InChI=1S/C21H25FN2O3S/c22-18-4-6-20(7-5-18)28-16-21(25)23-15-17-2-1-3-19(14-17)27-13-10-24-8-11-26-12-9-24/h1-7,14H,8-13,15-16H2,(H,23,25). The van der Waals surface area contributed by atoms with E-state index < -0.39 is 0 Å². The molecule has 1 fully saturated rings. The second kappa shape index (κ2) is 11.0. The smallest absolute Gasteiger partial charge is 0.230 e. The number of carbonyl (C=O) groups excluding carboxylic acids is 1. The van der Waals surface area contributed by atoms with Crippen LogP contribution in [-0.2, 0) is 16.1 Å². The number of thioether (sulfide) groups is 1. The normalized spacial score (nSPS) is 14.6. The SMILES string of the molecule is O=C(CSc1ccc(F)cc1)NCc1cccc(OCCN2CCOCC2)c1. The van der Waals surface area contributed by atoms with Gasteiger partial charge < -0.3 is 14.8 Å². The summed E-state index contributed by atoms with van der Waals surface area (Å²) < 4.78 is 24.1. The second-order valence-electron chi connectivity index (χ2n) is 6.47. The summed E-state index contributed by atoms with van der Waals surface area (Å²) in [6, 6.07) is 13.9. The van der Waals surface area contributed by atoms with Crippen LogP contribution in [0, 0.1) is 5.82 Å². The van der Waals surface area contributed by atoms with Gasteiger partial charge in [0.1, 0.15) is 18.2 Å². The second-order valence-corrected chi connectivity index (χ2v) is 7.52. The first-order valence-corrected chi connectivity index (χ1v) is 10.3. The largest absolute Gasteiger partial charge is 0.492 e. The summed E-state index contributed by atoms with van der Waals surface area (Å²) >= 11 is 1.38. The third kappa shape index (κ3) is 7.14. The number of carbonyl (C=O) groups is 1. The maximum atomic E-state index is 12.9. The first-order valence-electron chi connectivity index (χ1n) is 9.36. The van der Waals surface area contributed by atoms with E-state index in [-0.39, 0.29) is 11.7 Å². The number of hydrogen-bond acceptors (Lipinski definition) is 5. The molecule has 7 heteroatoms. The molecule has 0 bridgehead atoms. The minimum absolute atomic E-state index is 0.0621. The van der Waals surface area contributed by atoms with Gasteiger partial charge >= 0.3 is 0 Å². The summed E-state index contributed by atoms with van der Waals surface area (Å²) in [5.41, 5.74) is 0.990. The fourth-order valence-electron chi connectivity index (χ4n) is 2.79. The molecule has 0 unspecified atom stereocenters. The zero-order valence-electron chi connectivity index (χ0n) is 15.7. The minimum atomic E-state index is -0.277. The van der Waals surface area contributed by atoms with Gasteiger partial charge in [0.25, 0.3) is 0 Å². The number of ether oxygens (including phenoxy) is 2. The average Bonchev–Trinajstić information content (AvgIpc) is 2.73. The Kier molecular flexibility index (Phi) is 8.14. The van der Waals surface area contributed by atoms with Crippen molar-refractivity contribution < 1.29 is 18.7 Å². The maximum Gasteiger partial charge on any atom is 0.230 e. The molecule has 3 rings (SSSR count). The first kappa shape index (κ1) is 20.6. The van der Waals surface area contributed by atoms with E-state index in [1.54, 1.807) is 12.1 Å². The van der Waals surface area contributed by atoms with Crippen LogP contribution in [0.4, 0.5) is 4.39 Å². The van der Waals surface area contributed by atoms with Crippen LogP contribution in [0.25, 0.3) is 0 Å². The molecule has 1 N–H and O–H groups in total. The lowest BCUT2D eigenvalue weighted by molar-refractivity contribution is -0.118. The average molecular weight is 405 g/mol. The van der Waals surface area contributed by atoms with Crippen molar-refractivity contribution in [3.63, 3.8) is 0 Å². The highest BCUT2D eigenvalue weighted by Crippen LogP contribution is 2.18. The molecular formula is C21H25FN2O3S. The number of benzene rings is 2. The molecular weight excluding hydrogens is 379 g/mol. The van der Waals surface area contributed by atoms with Gasteiger partial charge in [0.15, 0.2) is 0 Å². The third-order valence-electron chi connectivity index (χ3n) is 4.35. The Morgan fingerprint density at radius 1 is 1.18 bits per heavy atom. The maximum absolute atomic E-state index is 12.9. The predicted molar refractivity (Wildman–Crippen MR) is 108 cm³/mol. The molecule has 0 aromatic heterocycles. The van der Waals surface area contributed by atoms with Gasteiger partial charge in [-0.05, 0) is 42.0 Å². The van der Waals surface area contributed by atoms with Crippen LogP contribution in [-0.4, -0.2) is 56.0 Å². The van der Waals surface area contributed by atoms with Crippen molar-refractivity contribution in [2.45, 2.75) is 11.4 Å². The van der Waals surface area contributed by atoms with Crippen molar-refractivity contribution in [1.82, 2.24) is 10.2 Å². The van der Waals surface area contributed by atoms with Gasteiger partial charge in [0, 0.05) is 31.1 Å². The molecule has 0 radical (unpaired) electrons. The molecule has 1 saturated heterocycles. The fourth-order valence-corrected chi connectivity index (χ4v) is 3.52. The summed E-state index contributed by atoms with van der Waals surface area (Å²) in [4.78, 5) is 15.2. The highest BCUT2D eigenvalue weighted by Gasteiger charge is 2.10. The number of halogens is 1. The molecule has 0 aliphatic carbocycles. The van der Waals surface area contributed by atoms with E-state index >= 15 is 0 Å². The first-order chi connectivity index (χ1) is 13.7. The van der Waals surface area contributed by atoms with Crippen LogP contribution in [0.15, 0.2) is 53.4 Å². The van der Waals surface area contributed by atoms with Gasteiger partial charge in [-0.3, -0.25) is 9.69 Å². The number of morpholine rings is 1. The number of rotatable bonds is 9.